The molecule has 0 radical (unpaired) electrons. The summed E-state index contributed by atoms with van der Waals surface area (Å²) in [7, 11) is 1.82. The van der Waals surface area contributed by atoms with Crippen LogP contribution in [0, 0.1) is 11.8 Å². The van der Waals surface area contributed by atoms with Gasteiger partial charge in [-0.25, -0.2) is 0 Å². The lowest BCUT2D eigenvalue weighted by atomic mass is 9.90. The van der Waals surface area contributed by atoms with Crippen LogP contribution in [-0.2, 0) is 0 Å². The number of hydrogen-bond donors (Lipinski definition) is 1. The van der Waals surface area contributed by atoms with Crippen LogP contribution in [-0.4, -0.2) is 55.2 Å². The van der Waals surface area contributed by atoms with Gasteiger partial charge in [0.1, 0.15) is 0 Å². The smallest absolute Gasteiger partial charge is 0.0714 e. The Morgan fingerprint density at radius 2 is 2.15 bits per heavy atom. The quantitative estimate of drug-likeness (QED) is 0.304. The molecule has 0 bridgehead atoms. The topological polar surface area (TPSA) is 49.1 Å². The highest BCUT2D eigenvalue weighted by molar-refractivity contribution is 9.10. The van der Waals surface area contributed by atoms with Crippen molar-refractivity contribution < 1.29 is 0 Å². The van der Waals surface area contributed by atoms with Crippen LogP contribution in [0.25, 0.3) is 0 Å². The van der Waals surface area contributed by atoms with Crippen molar-refractivity contribution >= 4 is 34.1 Å². The molecule has 0 aliphatic carbocycles. The number of alkyl halides is 1. The Morgan fingerprint density at radius 3 is 2.74 bits per heavy atom. The van der Waals surface area contributed by atoms with E-state index in [-0.39, 0.29) is 10.9 Å². The van der Waals surface area contributed by atoms with E-state index in [0.717, 1.165) is 19.5 Å². The summed E-state index contributed by atoms with van der Waals surface area (Å²) in [5, 5.41) is 3.74. The zero-order valence-corrected chi connectivity index (χ0v) is 19.7. The molecule has 5 atom stereocenters. The summed E-state index contributed by atoms with van der Waals surface area (Å²) < 4.78 is 0. The molecule has 5 unspecified atom stereocenters. The largest absolute Gasteiger partial charge is 0.313 e. The van der Waals surface area contributed by atoms with Crippen molar-refractivity contribution in [1.29, 1.82) is 0 Å². The lowest BCUT2D eigenvalue weighted by Crippen LogP contribution is -2.36. The Labute approximate surface area is 176 Å². The van der Waals surface area contributed by atoms with Crippen molar-refractivity contribution in [3.05, 3.63) is 0 Å². The molecule has 1 heterocycles. The fraction of sp³-hybridized carbons (Fsp3) is 0.864. The van der Waals surface area contributed by atoms with Crippen LogP contribution in [0.3, 0.4) is 0 Å². The molecule has 0 amide bonds. The van der Waals surface area contributed by atoms with Crippen LogP contribution in [0.1, 0.15) is 72.6 Å². The normalized spacial score (nSPS) is 22.7. The number of unbranched alkanes of at least 4 members (excludes halogenated alkanes) is 1. The maximum absolute atomic E-state index is 5.17. The average Bonchev–Trinajstić information content (AvgIpc) is 2.67. The minimum absolute atomic E-state index is 0.197. The van der Waals surface area contributed by atoms with E-state index in [1.165, 1.54) is 44.2 Å². The first-order chi connectivity index (χ1) is 13.0. The van der Waals surface area contributed by atoms with Crippen LogP contribution in [0.4, 0.5) is 0 Å². The molecule has 1 N–H and O–H groups in total. The molecule has 5 heteroatoms. The summed E-state index contributed by atoms with van der Waals surface area (Å²) in [6.45, 7) is 11.1. The Balaban J connectivity index is 2.75. The van der Waals surface area contributed by atoms with Crippen molar-refractivity contribution in [1.82, 2.24) is 5.32 Å². The first-order valence-corrected chi connectivity index (χ1v) is 11.8. The van der Waals surface area contributed by atoms with Crippen LogP contribution in [0.15, 0.2) is 15.0 Å². The standard InChI is InChI=1S/C22H41BrN4/c1-6-8-11-20(7-2)22(27-18(4)21(23)16-24-5)13-17(3)26-15-19-10-9-12-25-14-19/h14,16-21,26H,6-13,15H2,1-5H3. The molecule has 1 aliphatic rings. The molecule has 0 aromatic rings. The second kappa shape index (κ2) is 14.4. The van der Waals surface area contributed by atoms with Crippen molar-refractivity contribution in [2.45, 2.75) is 89.6 Å². The van der Waals surface area contributed by atoms with Crippen molar-refractivity contribution in [2.75, 3.05) is 20.1 Å². The number of hydrogen-bond acceptors (Lipinski definition) is 4. The van der Waals surface area contributed by atoms with Gasteiger partial charge in [0.15, 0.2) is 0 Å². The number of halogens is 1. The van der Waals surface area contributed by atoms with Gasteiger partial charge in [0, 0.05) is 56.7 Å². The Hall–Kier alpha value is -0.550. The van der Waals surface area contributed by atoms with Gasteiger partial charge in [-0.15, -0.1) is 0 Å². The fourth-order valence-electron chi connectivity index (χ4n) is 3.62. The molecule has 156 valence electrons. The molecule has 0 aromatic carbocycles. The molecule has 0 aromatic heterocycles. The maximum Gasteiger partial charge on any atom is 0.0714 e. The molecule has 0 saturated heterocycles. The summed E-state index contributed by atoms with van der Waals surface area (Å²) in [4.78, 5) is 14.0. The highest BCUT2D eigenvalue weighted by Gasteiger charge is 2.20. The lowest BCUT2D eigenvalue weighted by Gasteiger charge is -2.25. The van der Waals surface area contributed by atoms with E-state index in [4.69, 9.17) is 4.99 Å². The molecule has 4 nitrogen and oxygen atoms in total. The van der Waals surface area contributed by atoms with Crippen LogP contribution in [0.2, 0.25) is 0 Å². The van der Waals surface area contributed by atoms with Gasteiger partial charge >= 0.3 is 0 Å². The Kier molecular flexibility index (Phi) is 13.1. The van der Waals surface area contributed by atoms with Crippen LogP contribution < -0.4 is 5.32 Å². The van der Waals surface area contributed by atoms with Gasteiger partial charge in [-0.05, 0) is 45.4 Å². The molecular formula is C22H41BrN4. The maximum atomic E-state index is 5.17. The zero-order valence-electron chi connectivity index (χ0n) is 18.1. The first-order valence-electron chi connectivity index (χ1n) is 10.9. The van der Waals surface area contributed by atoms with E-state index in [1.54, 1.807) is 0 Å². The summed E-state index contributed by atoms with van der Waals surface area (Å²) >= 11 is 3.72. The van der Waals surface area contributed by atoms with Crippen molar-refractivity contribution in [2.24, 2.45) is 26.8 Å². The van der Waals surface area contributed by atoms with E-state index in [1.807, 2.05) is 13.3 Å². The van der Waals surface area contributed by atoms with Gasteiger partial charge in [0.25, 0.3) is 0 Å². The number of rotatable bonds is 13. The average molecular weight is 442 g/mol. The second-order valence-electron chi connectivity index (χ2n) is 7.93. The third-order valence-electron chi connectivity index (χ3n) is 5.41. The van der Waals surface area contributed by atoms with E-state index in [0.29, 0.717) is 17.9 Å². The highest BCUT2D eigenvalue weighted by Crippen LogP contribution is 2.20. The zero-order chi connectivity index (χ0) is 20.1. The lowest BCUT2D eigenvalue weighted by molar-refractivity contribution is 0.471. The van der Waals surface area contributed by atoms with E-state index in [2.05, 4.69) is 65.1 Å². The van der Waals surface area contributed by atoms with Gasteiger partial charge in [0.05, 0.1) is 10.9 Å². The van der Waals surface area contributed by atoms with Gasteiger partial charge in [-0.2, -0.15) is 0 Å². The predicted molar refractivity (Wildman–Crippen MR) is 125 cm³/mol. The highest BCUT2D eigenvalue weighted by atomic mass is 79.9. The molecule has 0 saturated carbocycles. The third-order valence-corrected chi connectivity index (χ3v) is 6.42. The molecular weight excluding hydrogens is 400 g/mol. The van der Waals surface area contributed by atoms with E-state index < -0.39 is 0 Å². The van der Waals surface area contributed by atoms with E-state index in [9.17, 15) is 0 Å². The van der Waals surface area contributed by atoms with Crippen molar-refractivity contribution in [3.8, 4) is 0 Å². The van der Waals surface area contributed by atoms with Gasteiger partial charge in [0.2, 0.25) is 0 Å². The Morgan fingerprint density at radius 1 is 1.37 bits per heavy atom. The molecule has 0 spiro atoms. The second-order valence-corrected chi connectivity index (χ2v) is 8.99. The van der Waals surface area contributed by atoms with Gasteiger partial charge in [-0.3, -0.25) is 15.0 Å². The van der Waals surface area contributed by atoms with Crippen molar-refractivity contribution in [3.63, 3.8) is 0 Å². The minimum atomic E-state index is 0.197. The van der Waals surface area contributed by atoms with Gasteiger partial charge in [-0.1, -0.05) is 42.6 Å². The monoisotopic (exact) mass is 440 g/mol. The summed E-state index contributed by atoms with van der Waals surface area (Å²) in [5.74, 6) is 1.18. The molecule has 1 aliphatic heterocycles. The van der Waals surface area contributed by atoms with Gasteiger partial charge < -0.3 is 5.32 Å². The summed E-state index contributed by atoms with van der Waals surface area (Å²) in [6, 6.07) is 0.646. The summed E-state index contributed by atoms with van der Waals surface area (Å²) in [5.41, 5.74) is 1.38. The van der Waals surface area contributed by atoms with Crippen LogP contribution in [0.5, 0.6) is 0 Å². The fourth-order valence-corrected chi connectivity index (χ4v) is 3.97. The number of nitrogens with zero attached hydrogens (tertiary/aromatic N) is 3. The molecule has 0 fully saturated rings. The first kappa shape index (κ1) is 24.5. The Bertz CT molecular complexity index is 475. The number of aliphatic imine (C=N–C) groups is 3. The third kappa shape index (κ3) is 9.98. The minimum Gasteiger partial charge on any atom is -0.313 e. The molecule has 1 rings (SSSR count). The van der Waals surface area contributed by atoms with E-state index >= 15 is 0 Å². The summed E-state index contributed by atoms with van der Waals surface area (Å²) in [6.07, 6.45) is 12.5. The SMILES string of the molecule is CCCCC(CC)C(CC(C)NCC1C=NCCC1)=NC(C)C(Br)C=NC. The number of nitrogens with one attached hydrogen (secondary N) is 1. The van der Waals surface area contributed by atoms with Crippen LogP contribution >= 0.6 is 15.9 Å². The molecule has 27 heavy (non-hydrogen) atoms. The predicted octanol–water partition coefficient (Wildman–Crippen LogP) is 5.35.